The maximum absolute atomic E-state index is 2.54. The summed E-state index contributed by atoms with van der Waals surface area (Å²) in [6, 6.07) is 0. The van der Waals surface area contributed by atoms with Gasteiger partial charge in [-0.1, -0.05) is 117 Å². The predicted octanol–water partition coefficient (Wildman–Crippen LogP) is 5.96. The second kappa shape index (κ2) is 26.9. The van der Waals surface area contributed by atoms with Crippen LogP contribution in [0.4, 0.5) is 0 Å². The molecule has 170 valence electrons. The number of hydrogen-bond donors (Lipinski definition) is 2. The van der Waals surface area contributed by atoms with E-state index < -0.39 is 0 Å². The van der Waals surface area contributed by atoms with Crippen molar-refractivity contribution >= 4 is 0 Å². The highest BCUT2D eigenvalue weighted by molar-refractivity contribution is 4.48. The zero-order valence-electron chi connectivity index (χ0n) is 20.1. The Labute approximate surface area is 179 Å². The molecule has 0 aliphatic rings. The summed E-state index contributed by atoms with van der Waals surface area (Å²) in [5.74, 6) is 0. The van der Waals surface area contributed by atoms with E-state index in [-0.39, 0.29) is 0 Å². The van der Waals surface area contributed by atoms with Gasteiger partial charge in [0.05, 0.1) is 13.1 Å². The zero-order chi connectivity index (χ0) is 20.4. The standard InChI is InChI=1S/C26H56N2/c1-3-5-7-9-11-13-15-17-19-21-23-27-25-26-28-24-22-20-18-16-14-12-10-8-6-4-2/h27-28H,3-26H2,1-2H3/p+2. The molecule has 0 aliphatic heterocycles. The minimum atomic E-state index is 1.31. The molecule has 0 unspecified atom stereocenters. The van der Waals surface area contributed by atoms with Gasteiger partial charge in [-0.25, -0.2) is 0 Å². The summed E-state index contributed by atoms with van der Waals surface area (Å²) < 4.78 is 0. The molecule has 0 atom stereocenters. The highest BCUT2D eigenvalue weighted by Crippen LogP contribution is 2.10. The Bertz CT molecular complexity index is 229. The summed E-state index contributed by atoms with van der Waals surface area (Å²) in [5.41, 5.74) is 0. The van der Waals surface area contributed by atoms with E-state index in [0.29, 0.717) is 0 Å². The molecule has 2 heteroatoms. The molecule has 28 heavy (non-hydrogen) atoms. The minimum absolute atomic E-state index is 1.31. The highest BCUT2D eigenvalue weighted by atomic mass is 14.9. The van der Waals surface area contributed by atoms with Crippen molar-refractivity contribution < 1.29 is 10.6 Å². The first-order chi connectivity index (χ1) is 13.9. The van der Waals surface area contributed by atoms with Gasteiger partial charge in [-0.3, -0.25) is 0 Å². The summed E-state index contributed by atoms with van der Waals surface area (Å²) in [6.07, 6.45) is 29.0. The van der Waals surface area contributed by atoms with Crippen LogP contribution in [-0.2, 0) is 0 Å². The van der Waals surface area contributed by atoms with Crippen LogP contribution < -0.4 is 10.6 Å². The van der Waals surface area contributed by atoms with Crippen LogP contribution in [0.5, 0.6) is 0 Å². The first-order valence-corrected chi connectivity index (χ1v) is 13.5. The van der Waals surface area contributed by atoms with Crippen molar-refractivity contribution in [2.45, 2.75) is 142 Å². The molecule has 0 saturated carbocycles. The SMILES string of the molecule is CCCCCCCCCCCC[NH2+]CC[NH2+]CCCCCCCCCCCC. The third-order valence-electron chi connectivity index (χ3n) is 6.10. The average molecular weight is 399 g/mol. The maximum Gasteiger partial charge on any atom is 0.125 e. The number of unbranched alkanes of at least 4 members (excludes halogenated alkanes) is 18. The largest absolute Gasteiger partial charge is 0.342 e. The first-order valence-electron chi connectivity index (χ1n) is 13.5. The van der Waals surface area contributed by atoms with Crippen LogP contribution in [0.1, 0.15) is 142 Å². The lowest BCUT2D eigenvalue weighted by atomic mass is 10.1. The van der Waals surface area contributed by atoms with E-state index in [9.17, 15) is 0 Å². The minimum Gasteiger partial charge on any atom is -0.342 e. The van der Waals surface area contributed by atoms with Crippen LogP contribution in [0, 0.1) is 0 Å². The maximum atomic E-state index is 2.54. The van der Waals surface area contributed by atoms with Gasteiger partial charge in [0.1, 0.15) is 13.1 Å². The van der Waals surface area contributed by atoms with Crippen molar-refractivity contribution in [1.29, 1.82) is 0 Å². The Hall–Kier alpha value is -0.0800. The van der Waals surface area contributed by atoms with Crippen molar-refractivity contribution in [3.05, 3.63) is 0 Å². The highest BCUT2D eigenvalue weighted by Gasteiger charge is 1.97. The first kappa shape index (κ1) is 27.9. The third kappa shape index (κ3) is 25.9. The van der Waals surface area contributed by atoms with Gasteiger partial charge in [-0.05, 0) is 25.7 Å². The summed E-state index contributed by atoms with van der Waals surface area (Å²) >= 11 is 0. The van der Waals surface area contributed by atoms with E-state index in [1.54, 1.807) is 0 Å². The van der Waals surface area contributed by atoms with E-state index in [1.165, 1.54) is 155 Å². The van der Waals surface area contributed by atoms with E-state index in [2.05, 4.69) is 24.5 Å². The average Bonchev–Trinajstić information content (AvgIpc) is 2.71. The molecule has 0 bridgehead atoms. The van der Waals surface area contributed by atoms with Gasteiger partial charge in [0, 0.05) is 0 Å². The number of nitrogens with two attached hydrogens (primary N) is 2. The van der Waals surface area contributed by atoms with Crippen molar-refractivity contribution in [1.82, 2.24) is 0 Å². The molecule has 0 amide bonds. The lowest BCUT2D eigenvalue weighted by molar-refractivity contribution is -0.723. The Balaban J connectivity index is 2.96. The fraction of sp³-hybridized carbons (Fsp3) is 1.00. The van der Waals surface area contributed by atoms with Crippen LogP contribution in [-0.4, -0.2) is 26.2 Å². The van der Waals surface area contributed by atoms with E-state index in [4.69, 9.17) is 0 Å². The molecule has 0 aliphatic carbocycles. The van der Waals surface area contributed by atoms with E-state index >= 15 is 0 Å². The number of quaternary nitrogens is 2. The van der Waals surface area contributed by atoms with Crippen LogP contribution in [0.2, 0.25) is 0 Å². The predicted molar refractivity (Wildman–Crippen MR) is 127 cm³/mol. The second-order valence-electron chi connectivity index (χ2n) is 9.10. The molecule has 0 radical (unpaired) electrons. The summed E-state index contributed by atoms with van der Waals surface area (Å²) in [6.45, 7) is 9.93. The number of hydrogen-bond acceptors (Lipinski definition) is 0. The van der Waals surface area contributed by atoms with Crippen molar-refractivity contribution in [3.63, 3.8) is 0 Å². The van der Waals surface area contributed by atoms with Crippen LogP contribution >= 0.6 is 0 Å². The Morgan fingerprint density at radius 3 is 0.821 bits per heavy atom. The van der Waals surface area contributed by atoms with Crippen LogP contribution in [0.3, 0.4) is 0 Å². The topological polar surface area (TPSA) is 33.2 Å². The van der Waals surface area contributed by atoms with Gasteiger partial charge in [0.25, 0.3) is 0 Å². The van der Waals surface area contributed by atoms with Crippen LogP contribution in [0.25, 0.3) is 0 Å². The lowest BCUT2D eigenvalue weighted by Gasteiger charge is -2.04. The summed E-state index contributed by atoms with van der Waals surface area (Å²) in [7, 11) is 0. The zero-order valence-corrected chi connectivity index (χ0v) is 20.1. The lowest BCUT2D eigenvalue weighted by Crippen LogP contribution is -2.94. The molecule has 0 heterocycles. The molecule has 0 fully saturated rings. The fourth-order valence-electron chi connectivity index (χ4n) is 4.08. The fourth-order valence-corrected chi connectivity index (χ4v) is 4.08. The van der Waals surface area contributed by atoms with E-state index in [0.717, 1.165) is 0 Å². The smallest absolute Gasteiger partial charge is 0.125 e. The second-order valence-corrected chi connectivity index (χ2v) is 9.10. The van der Waals surface area contributed by atoms with Gasteiger partial charge in [-0.2, -0.15) is 0 Å². The molecule has 0 spiro atoms. The monoisotopic (exact) mass is 398 g/mol. The number of rotatable bonds is 25. The molecule has 0 rings (SSSR count). The summed E-state index contributed by atoms with van der Waals surface area (Å²) in [5, 5.41) is 5.08. The van der Waals surface area contributed by atoms with Gasteiger partial charge in [0.15, 0.2) is 0 Å². The molecular formula is C26H58N2+2. The van der Waals surface area contributed by atoms with Gasteiger partial charge in [0.2, 0.25) is 0 Å². The third-order valence-corrected chi connectivity index (χ3v) is 6.10. The molecule has 4 N–H and O–H groups in total. The van der Waals surface area contributed by atoms with Gasteiger partial charge >= 0.3 is 0 Å². The summed E-state index contributed by atoms with van der Waals surface area (Å²) in [4.78, 5) is 0. The van der Waals surface area contributed by atoms with Crippen molar-refractivity contribution in [2.75, 3.05) is 26.2 Å². The van der Waals surface area contributed by atoms with Gasteiger partial charge < -0.3 is 10.6 Å². The molecular weight excluding hydrogens is 340 g/mol. The van der Waals surface area contributed by atoms with Crippen molar-refractivity contribution in [3.8, 4) is 0 Å². The molecule has 0 saturated heterocycles. The Morgan fingerprint density at radius 1 is 0.286 bits per heavy atom. The van der Waals surface area contributed by atoms with Crippen LogP contribution in [0.15, 0.2) is 0 Å². The Kier molecular flexibility index (Phi) is 26.8. The van der Waals surface area contributed by atoms with Crippen molar-refractivity contribution in [2.24, 2.45) is 0 Å². The normalized spacial score (nSPS) is 11.4. The molecule has 0 aromatic heterocycles. The molecule has 2 nitrogen and oxygen atoms in total. The molecule has 0 aromatic rings. The van der Waals surface area contributed by atoms with Gasteiger partial charge in [-0.15, -0.1) is 0 Å². The quantitative estimate of drug-likeness (QED) is 0.178. The Morgan fingerprint density at radius 2 is 0.536 bits per heavy atom. The van der Waals surface area contributed by atoms with E-state index in [1.807, 2.05) is 0 Å². The molecule has 0 aromatic carbocycles.